The van der Waals surface area contributed by atoms with E-state index < -0.39 is 0 Å². The Hall–Kier alpha value is -2.75. The summed E-state index contributed by atoms with van der Waals surface area (Å²) in [6.07, 6.45) is 2.51. The number of anilines is 1. The fraction of sp³-hybridized carbons (Fsp3) is 0.333. The molecule has 0 radical (unpaired) electrons. The summed E-state index contributed by atoms with van der Waals surface area (Å²) in [7, 11) is 0. The van der Waals surface area contributed by atoms with Crippen LogP contribution in [-0.2, 0) is 11.3 Å². The quantitative estimate of drug-likeness (QED) is 0.155. The molecule has 2 N–H and O–H groups in total. The van der Waals surface area contributed by atoms with Gasteiger partial charge in [-0.05, 0) is 31.5 Å². The number of para-hydroxylation sites is 3. The Morgan fingerprint density at radius 1 is 1.22 bits per heavy atom. The van der Waals surface area contributed by atoms with E-state index in [4.69, 9.17) is 9.47 Å². The molecule has 0 atom stereocenters. The van der Waals surface area contributed by atoms with Gasteiger partial charge in [-0.3, -0.25) is 4.79 Å². The lowest BCUT2D eigenvalue weighted by atomic mass is 10.2. The molecule has 172 valence electrons. The minimum absolute atomic E-state index is 0. The van der Waals surface area contributed by atoms with Crippen molar-refractivity contribution in [2.75, 3.05) is 37.7 Å². The highest BCUT2D eigenvalue weighted by Gasteiger charge is 2.24. The monoisotopic (exact) mass is 550 g/mol. The van der Waals surface area contributed by atoms with Crippen molar-refractivity contribution in [2.24, 2.45) is 4.99 Å². The van der Waals surface area contributed by atoms with Gasteiger partial charge in [0.1, 0.15) is 18.1 Å². The molecule has 3 rings (SSSR count). The lowest BCUT2D eigenvalue weighted by Gasteiger charge is -2.29. The van der Waals surface area contributed by atoms with Gasteiger partial charge in [-0.15, -0.1) is 24.0 Å². The number of nitrogens with one attached hydrogen (secondary N) is 2. The van der Waals surface area contributed by atoms with Crippen LogP contribution in [0.25, 0.3) is 0 Å². The molecule has 8 heteroatoms. The van der Waals surface area contributed by atoms with E-state index in [0.717, 1.165) is 41.7 Å². The number of halogens is 1. The predicted octanol–water partition coefficient (Wildman–Crippen LogP) is 3.74. The summed E-state index contributed by atoms with van der Waals surface area (Å²) in [6.45, 7) is 8.83. The van der Waals surface area contributed by atoms with Crippen LogP contribution in [0.1, 0.15) is 18.9 Å². The van der Waals surface area contributed by atoms with Crippen molar-refractivity contribution in [3.05, 3.63) is 66.7 Å². The molecule has 1 heterocycles. The summed E-state index contributed by atoms with van der Waals surface area (Å²) in [5.74, 6) is 2.28. The van der Waals surface area contributed by atoms with Crippen molar-refractivity contribution in [2.45, 2.75) is 19.9 Å². The lowest BCUT2D eigenvalue weighted by molar-refractivity contribution is -0.121. The number of aliphatic imine (C=N–C) groups is 1. The second-order valence-electron chi connectivity index (χ2n) is 6.98. The first-order valence-corrected chi connectivity index (χ1v) is 10.6. The van der Waals surface area contributed by atoms with Gasteiger partial charge in [-0.2, -0.15) is 0 Å². The minimum atomic E-state index is -0.0181. The summed E-state index contributed by atoms with van der Waals surface area (Å²) >= 11 is 0. The average molecular weight is 550 g/mol. The Kier molecular flexibility index (Phi) is 10.9. The molecular formula is C24H31IN4O3. The zero-order chi connectivity index (χ0) is 21.9. The molecule has 0 fully saturated rings. The number of amides is 1. The number of nitrogens with zero attached hydrogens (tertiary/aromatic N) is 2. The number of carbonyl (C=O) groups is 1. The molecule has 0 bridgehead atoms. The number of benzene rings is 2. The van der Waals surface area contributed by atoms with E-state index in [9.17, 15) is 4.79 Å². The maximum Gasteiger partial charge on any atom is 0.265 e. The second kappa shape index (κ2) is 13.6. The maximum absolute atomic E-state index is 12.3. The molecular weight excluding hydrogens is 519 g/mol. The summed E-state index contributed by atoms with van der Waals surface area (Å²) in [5.41, 5.74) is 1.84. The first-order valence-electron chi connectivity index (χ1n) is 10.6. The SMILES string of the molecule is C=CCOc1ccccc1CN=C(NCC)NCCCN1C(=O)COc2ccccc21.I. The smallest absolute Gasteiger partial charge is 0.265 e. The van der Waals surface area contributed by atoms with E-state index in [0.29, 0.717) is 26.2 Å². The highest BCUT2D eigenvalue weighted by atomic mass is 127. The fourth-order valence-electron chi connectivity index (χ4n) is 3.27. The number of fused-ring (bicyclic) bond motifs is 1. The van der Waals surface area contributed by atoms with Gasteiger partial charge in [0.05, 0.1) is 12.2 Å². The molecule has 32 heavy (non-hydrogen) atoms. The van der Waals surface area contributed by atoms with Crippen LogP contribution in [0.5, 0.6) is 11.5 Å². The lowest BCUT2D eigenvalue weighted by Crippen LogP contribution is -2.42. The van der Waals surface area contributed by atoms with Crippen LogP contribution >= 0.6 is 24.0 Å². The van der Waals surface area contributed by atoms with Gasteiger partial charge in [-0.25, -0.2) is 4.99 Å². The molecule has 0 spiro atoms. The first kappa shape index (κ1) is 25.5. The third-order valence-electron chi connectivity index (χ3n) is 4.74. The fourth-order valence-corrected chi connectivity index (χ4v) is 3.27. The number of carbonyl (C=O) groups excluding carboxylic acids is 1. The van der Waals surface area contributed by atoms with Gasteiger partial charge in [0, 0.05) is 25.2 Å². The molecule has 1 aliphatic rings. The Balaban J connectivity index is 0.00000363. The van der Waals surface area contributed by atoms with E-state index in [1.165, 1.54) is 0 Å². The van der Waals surface area contributed by atoms with Crippen LogP contribution in [0.4, 0.5) is 5.69 Å². The van der Waals surface area contributed by atoms with Crippen LogP contribution in [-0.4, -0.2) is 44.7 Å². The van der Waals surface area contributed by atoms with E-state index in [1.54, 1.807) is 11.0 Å². The molecule has 0 aromatic heterocycles. The average Bonchev–Trinajstić information content (AvgIpc) is 2.80. The molecule has 1 amide bonds. The summed E-state index contributed by atoms with van der Waals surface area (Å²) in [6, 6.07) is 15.5. The molecule has 7 nitrogen and oxygen atoms in total. The van der Waals surface area contributed by atoms with E-state index in [1.807, 2.05) is 55.5 Å². The van der Waals surface area contributed by atoms with Crippen molar-refractivity contribution in [1.82, 2.24) is 10.6 Å². The Bertz CT molecular complexity index is 920. The number of guanidine groups is 1. The van der Waals surface area contributed by atoms with Crippen molar-refractivity contribution in [1.29, 1.82) is 0 Å². The number of ether oxygens (including phenoxy) is 2. The predicted molar refractivity (Wildman–Crippen MR) is 139 cm³/mol. The normalized spacial score (nSPS) is 12.8. The summed E-state index contributed by atoms with van der Waals surface area (Å²) < 4.78 is 11.2. The molecule has 2 aromatic rings. The standard InChI is InChI=1S/C24H30N4O3.HI/c1-3-16-30-21-12-7-5-10-19(21)17-27-24(25-4-2)26-14-9-15-28-20-11-6-8-13-22(20)31-18-23(28)29;/h3,5-8,10-13H,1,4,9,14-18H2,2H3,(H2,25,26,27);1H. The molecule has 0 saturated heterocycles. The van der Waals surface area contributed by atoms with E-state index in [2.05, 4.69) is 22.2 Å². The first-order chi connectivity index (χ1) is 15.2. The van der Waals surface area contributed by atoms with E-state index in [-0.39, 0.29) is 36.5 Å². The minimum Gasteiger partial charge on any atom is -0.489 e. The Labute approximate surface area is 206 Å². The van der Waals surface area contributed by atoms with Crippen LogP contribution in [0.15, 0.2) is 66.2 Å². The van der Waals surface area contributed by atoms with Crippen LogP contribution < -0.4 is 25.0 Å². The molecule has 0 aliphatic carbocycles. The summed E-state index contributed by atoms with van der Waals surface area (Å²) in [4.78, 5) is 18.7. The van der Waals surface area contributed by atoms with Gasteiger partial charge in [0.25, 0.3) is 5.91 Å². The van der Waals surface area contributed by atoms with Gasteiger partial charge in [0.15, 0.2) is 12.6 Å². The van der Waals surface area contributed by atoms with E-state index >= 15 is 0 Å². The number of hydrogen-bond acceptors (Lipinski definition) is 4. The Morgan fingerprint density at radius 3 is 2.81 bits per heavy atom. The van der Waals surface area contributed by atoms with Gasteiger partial charge in [0.2, 0.25) is 0 Å². The van der Waals surface area contributed by atoms with Crippen molar-refractivity contribution < 1.29 is 14.3 Å². The maximum atomic E-state index is 12.3. The third-order valence-corrected chi connectivity index (χ3v) is 4.74. The number of rotatable bonds is 10. The second-order valence-corrected chi connectivity index (χ2v) is 6.98. The molecule has 0 saturated carbocycles. The van der Waals surface area contributed by atoms with Crippen LogP contribution in [0.2, 0.25) is 0 Å². The zero-order valence-corrected chi connectivity index (χ0v) is 20.7. The zero-order valence-electron chi connectivity index (χ0n) is 18.4. The van der Waals surface area contributed by atoms with Gasteiger partial charge >= 0.3 is 0 Å². The highest BCUT2D eigenvalue weighted by molar-refractivity contribution is 14.0. The third kappa shape index (κ3) is 7.15. The molecule has 1 aliphatic heterocycles. The summed E-state index contributed by atoms with van der Waals surface area (Å²) in [5, 5.41) is 6.60. The van der Waals surface area contributed by atoms with Crippen LogP contribution in [0, 0.1) is 0 Å². The van der Waals surface area contributed by atoms with Crippen LogP contribution in [0.3, 0.4) is 0 Å². The Morgan fingerprint density at radius 2 is 2.00 bits per heavy atom. The van der Waals surface area contributed by atoms with Crippen molar-refractivity contribution in [3.63, 3.8) is 0 Å². The topological polar surface area (TPSA) is 75.2 Å². The van der Waals surface area contributed by atoms with Gasteiger partial charge < -0.3 is 25.0 Å². The van der Waals surface area contributed by atoms with Crippen molar-refractivity contribution in [3.8, 4) is 11.5 Å². The number of hydrogen-bond donors (Lipinski definition) is 2. The molecule has 0 unspecified atom stereocenters. The highest BCUT2D eigenvalue weighted by Crippen LogP contribution is 2.31. The van der Waals surface area contributed by atoms with Gasteiger partial charge in [-0.1, -0.05) is 43.0 Å². The largest absolute Gasteiger partial charge is 0.489 e. The van der Waals surface area contributed by atoms with Crippen molar-refractivity contribution >= 4 is 41.5 Å². The molecule has 2 aromatic carbocycles.